The van der Waals surface area contributed by atoms with E-state index in [1.807, 2.05) is 24.5 Å². The first kappa shape index (κ1) is 21.3. The molecule has 0 fully saturated rings. The van der Waals surface area contributed by atoms with Gasteiger partial charge in [-0.3, -0.25) is 25.0 Å². The maximum Gasteiger partial charge on any atom is 0.289 e. The van der Waals surface area contributed by atoms with E-state index in [0.717, 1.165) is 17.6 Å². The Kier molecular flexibility index (Phi) is 5.86. The number of pyridine rings is 1. The van der Waals surface area contributed by atoms with Crippen LogP contribution in [0.3, 0.4) is 0 Å². The lowest BCUT2D eigenvalue weighted by molar-refractivity contribution is -0.385. The van der Waals surface area contributed by atoms with Crippen molar-refractivity contribution in [2.24, 2.45) is 5.10 Å². The first-order valence-electron chi connectivity index (χ1n) is 9.07. The third kappa shape index (κ3) is 4.45. The zero-order valence-corrected chi connectivity index (χ0v) is 16.9. The summed E-state index contributed by atoms with van der Waals surface area (Å²) in [7, 11) is 0. The van der Waals surface area contributed by atoms with E-state index in [2.05, 4.69) is 15.5 Å². The van der Waals surface area contributed by atoms with Crippen molar-refractivity contribution < 1.29 is 14.6 Å². The SMILES string of the molecule is Cc1ccc(-n2c(C)cc(C=NNC(=O)c3ccc([N+](=O)[O-])cn3)c2C)cc1[N+](=O)[O-]. The quantitative estimate of drug-likeness (QED) is 0.366. The van der Waals surface area contributed by atoms with Crippen molar-refractivity contribution in [3.63, 3.8) is 0 Å². The summed E-state index contributed by atoms with van der Waals surface area (Å²) in [5.41, 5.74) is 5.66. The van der Waals surface area contributed by atoms with Crippen LogP contribution in [-0.4, -0.2) is 31.5 Å². The molecule has 0 atom stereocenters. The molecule has 3 aromatic rings. The fourth-order valence-electron chi connectivity index (χ4n) is 3.10. The van der Waals surface area contributed by atoms with Gasteiger partial charge in [0.05, 0.1) is 21.7 Å². The monoisotopic (exact) mass is 422 g/mol. The van der Waals surface area contributed by atoms with E-state index in [9.17, 15) is 25.0 Å². The Morgan fingerprint density at radius 2 is 1.84 bits per heavy atom. The number of nitrogens with one attached hydrogen (secondary N) is 1. The Balaban J connectivity index is 1.80. The smallest absolute Gasteiger partial charge is 0.289 e. The van der Waals surface area contributed by atoms with Gasteiger partial charge in [0.15, 0.2) is 0 Å². The Morgan fingerprint density at radius 1 is 1.10 bits per heavy atom. The number of hydrogen-bond acceptors (Lipinski definition) is 7. The molecule has 1 aromatic carbocycles. The van der Waals surface area contributed by atoms with E-state index in [-0.39, 0.29) is 17.1 Å². The predicted octanol–water partition coefficient (Wildman–Crippen LogP) is 3.38. The standard InChI is InChI=1S/C20H18N6O5/c1-12-4-5-16(9-19(12)26(30)31)24-13(2)8-15(14(24)3)10-22-23-20(27)18-7-6-17(11-21-18)25(28)29/h4-11H,1-3H3,(H,23,27). The third-order valence-corrected chi connectivity index (χ3v) is 4.68. The van der Waals surface area contributed by atoms with Crippen LogP contribution in [0.15, 0.2) is 47.7 Å². The van der Waals surface area contributed by atoms with E-state index in [1.54, 1.807) is 19.1 Å². The molecule has 0 bridgehead atoms. The fourth-order valence-corrected chi connectivity index (χ4v) is 3.10. The molecule has 2 heterocycles. The van der Waals surface area contributed by atoms with Crippen molar-refractivity contribution in [2.75, 3.05) is 0 Å². The molecule has 0 saturated heterocycles. The topological polar surface area (TPSA) is 146 Å². The first-order valence-corrected chi connectivity index (χ1v) is 9.07. The summed E-state index contributed by atoms with van der Waals surface area (Å²) in [4.78, 5) is 36.7. The van der Waals surface area contributed by atoms with E-state index in [0.29, 0.717) is 16.8 Å². The highest BCUT2D eigenvalue weighted by atomic mass is 16.6. The number of nitro groups is 2. The lowest BCUT2D eigenvalue weighted by Gasteiger charge is -2.10. The van der Waals surface area contributed by atoms with E-state index >= 15 is 0 Å². The van der Waals surface area contributed by atoms with Gasteiger partial charge in [0, 0.05) is 34.6 Å². The maximum atomic E-state index is 12.1. The van der Waals surface area contributed by atoms with Crippen LogP contribution in [0.2, 0.25) is 0 Å². The second kappa shape index (κ2) is 8.53. The first-order chi connectivity index (χ1) is 14.7. The number of amides is 1. The fraction of sp³-hybridized carbons (Fsp3) is 0.150. The molecule has 0 unspecified atom stereocenters. The van der Waals surface area contributed by atoms with Gasteiger partial charge in [-0.1, -0.05) is 6.07 Å². The second-order valence-corrected chi connectivity index (χ2v) is 6.75. The Labute approximate surface area is 176 Å². The van der Waals surface area contributed by atoms with E-state index in [1.165, 1.54) is 24.4 Å². The van der Waals surface area contributed by atoms with Gasteiger partial charge < -0.3 is 4.57 Å². The van der Waals surface area contributed by atoms with Gasteiger partial charge in [-0.05, 0) is 39.0 Å². The van der Waals surface area contributed by atoms with Gasteiger partial charge in [-0.15, -0.1) is 0 Å². The number of carbonyl (C=O) groups excluding carboxylic acids is 1. The molecule has 31 heavy (non-hydrogen) atoms. The van der Waals surface area contributed by atoms with E-state index in [4.69, 9.17) is 0 Å². The molecule has 1 amide bonds. The lowest BCUT2D eigenvalue weighted by atomic mass is 10.2. The van der Waals surface area contributed by atoms with Gasteiger partial charge in [0.25, 0.3) is 17.3 Å². The average Bonchev–Trinajstić information content (AvgIpc) is 3.01. The number of aromatic nitrogens is 2. The molecule has 0 radical (unpaired) electrons. The van der Waals surface area contributed by atoms with Crippen molar-refractivity contribution in [2.45, 2.75) is 20.8 Å². The number of rotatable bonds is 6. The van der Waals surface area contributed by atoms with Crippen molar-refractivity contribution >= 4 is 23.5 Å². The normalized spacial score (nSPS) is 10.9. The van der Waals surface area contributed by atoms with Crippen LogP contribution in [0.4, 0.5) is 11.4 Å². The van der Waals surface area contributed by atoms with Crippen molar-refractivity contribution in [3.8, 4) is 5.69 Å². The summed E-state index contributed by atoms with van der Waals surface area (Å²) < 4.78 is 1.85. The van der Waals surface area contributed by atoms with Gasteiger partial charge in [0.2, 0.25) is 0 Å². The van der Waals surface area contributed by atoms with E-state index < -0.39 is 15.8 Å². The largest absolute Gasteiger partial charge is 0.318 e. The summed E-state index contributed by atoms with van der Waals surface area (Å²) in [6, 6.07) is 9.25. The molecule has 0 spiro atoms. The van der Waals surface area contributed by atoms with Gasteiger partial charge >= 0.3 is 0 Å². The number of aryl methyl sites for hydroxylation is 2. The molecule has 11 nitrogen and oxygen atoms in total. The number of nitro benzene ring substituents is 1. The Morgan fingerprint density at radius 3 is 2.45 bits per heavy atom. The van der Waals surface area contributed by atoms with Crippen LogP contribution < -0.4 is 5.43 Å². The Hall–Kier alpha value is -4.41. The average molecular weight is 422 g/mol. The molecule has 0 aliphatic rings. The Bertz CT molecular complexity index is 1210. The summed E-state index contributed by atoms with van der Waals surface area (Å²) in [6.07, 6.45) is 2.44. The maximum absolute atomic E-state index is 12.1. The second-order valence-electron chi connectivity index (χ2n) is 6.75. The van der Waals surface area contributed by atoms with Crippen LogP contribution in [0.25, 0.3) is 5.69 Å². The third-order valence-electron chi connectivity index (χ3n) is 4.68. The summed E-state index contributed by atoms with van der Waals surface area (Å²) in [5.74, 6) is -0.617. The highest BCUT2D eigenvalue weighted by Gasteiger charge is 2.16. The minimum atomic E-state index is -0.617. The zero-order chi connectivity index (χ0) is 22.7. The molecular weight excluding hydrogens is 404 g/mol. The highest BCUT2D eigenvalue weighted by Crippen LogP contribution is 2.25. The van der Waals surface area contributed by atoms with Crippen molar-refractivity contribution in [1.82, 2.24) is 15.0 Å². The van der Waals surface area contributed by atoms with Gasteiger partial charge in [-0.25, -0.2) is 10.4 Å². The van der Waals surface area contributed by atoms with Crippen LogP contribution in [0.1, 0.15) is 33.0 Å². The van der Waals surface area contributed by atoms with Crippen molar-refractivity contribution in [1.29, 1.82) is 0 Å². The number of benzene rings is 1. The zero-order valence-electron chi connectivity index (χ0n) is 16.9. The number of nitrogens with zero attached hydrogens (tertiary/aromatic N) is 5. The molecule has 0 saturated carbocycles. The van der Waals surface area contributed by atoms with Crippen LogP contribution in [-0.2, 0) is 0 Å². The molecule has 0 aliphatic carbocycles. The summed E-state index contributed by atoms with van der Waals surface area (Å²) >= 11 is 0. The molecular formula is C20H18N6O5. The van der Waals surface area contributed by atoms with Crippen LogP contribution in [0.5, 0.6) is 0 Å². The molecule has 11 heteroatoms. The molecule has 2 aromatic heterocycles. The molecule has 158 valence electrons. The lowest BCUT2D eigenvalue weighted by Crippen LogP contribution is -2.19. The highest BCUT2D eigenvalue weighted by molar-refractivity contribution is 5.93. The number of hydrogen-bond donors (Lipinski definition) is 1. The molecule has 1 N–H and O–H groups in total. The molecule has 0 aliphatic heterocycles. The van der Waals surface area contributed by atoms with Gasteiger partial charge in [-0.2, -0.15) is 5.10 Å². The molecule has 3 rings (SSSR count). The van der Waals surface area contributed by atoms with Gasteiger partial charge in [0.1, 0.15) is 11.9 Å². The number of carbonyl (C=O) groups is 1. The minimum Gasteiger partial charge on any atom is -0.318 e. The summed E-state index contributed by atoms with van der Waals surface area (Å²) in [6.45, 7) is 5.37. The summed E-state index contributed by atoms with van der Waals surface area (Å²) in [5, 5.41) is 25.8. The van der Waals surface area contributed by atoms with Crippen molar-refractivity contribution in [3.05, 3.63) is 91.0 Å². The number of hydrazone groups is 1. The minimum absolute atomic E-state index is 0.0137. The predicted molar refractivity (Wildman–Crippen MR) is 113 cm³/mol. The van der Waals surface area contributed by atoms with Crippen LogP contribution >= 0.6 is 0 Å². The van der Waals surface area contributed by atoms with Crippen LogP contribution in [0, 0.1) is 41.0 Å².